The van der Waals surface area contributed by atoms with E-state index < -0.39 is 19.0 Å². The molecule has 1 fully saturated rings. The fraction of sp³-hybridized carbons (Fsp3) is 0.692. The highest BCUT2D eigenvalue weighted by atomic mass is 19.3. The van der Waals surface area contributed by atoms with Gasteiger partial charge in [0.05, 0.1) is 11.9 Å². The van der Waals surface area contributed by atoms with Gasteiger partial charge in [0.25, 0.3) is 6.43 Å². The molecule has 8 heteroatoms. The Morgan fingerprint density at radius 1 is 1.48 bits per heavy atom. The standard InChI is InChI=1S/C13H20F2N4O2/c14-12(15)7-19-6-10(5-16-19)17-13(21)18-11-4-2-1-3-9(11)8-20/h5-6,9,11-12,20H,1-4,7-8H2,(H2,17,18,21). The molecule has 21 heavy (non-hydrogen) atoms. The molecule has 6 nitrogen and oxygen atoms in total. The molecule has 1 aromatic heterocycles. The van der Waals surface area contributed by atoms with Crippen LogP contribution in [-0.4, -0.2) is 40.0 Å². The second kappa shape index (κ2) is 7.35. The first-order valence-corrected chi connectivity index (χ1v) is 7.07. The highest BCUT2D eigenvalue weighted by molar-refractivity contribution is 5.89. The van der Waals surface area contributed by atoms with Crippen LogP contribution in [0.25, 0.3) is 0 Å². The van der Waals surface area contributed by atoms with Gasteiger partial charge in [-0.25, -0.2) is 13.6 Å². The molecule has 0 aromatic carbocycles. The van der Waals surface area contributed by atoms with Crippen molar-refractivity contribution in [3.63, 3.8) is 0 Å². The zero-order valence-electron chi connectivity index (χ0n) is 11.6. The van der Waals surface area contributed by atoms with Gasteiger partial charge in [0.15, 0.2) is 0 Å². The Bertz CT molecular complexity index is 467. The topological polar surface area (TPSA) is 79.2 Å². The molecule has 0 radical (unpaired) electrons. The van der Waals surface area contributed by atoms with Gasteiger partial charge in [-0.2, -0.15) is 5.10 Å². The number of hydrogen-bond donors (Lipinski definition) is 3. The summed E-state index contributed by atoms with van der Waals surface area (Å²) in [5, 5.41) is 18.4. The smallest absolute Gasteiger partial charge is 0.319 e. The van der Waals surface area contributed by atoms with E-state index in [2.05, 4.69) is 15.7 Å². The molecule has 2 atom stereocenters. The highest BCUT2D eigenvalue weighted by Gasteiger charge is 2.25. The number of nitrogens with one attached hydrogen (secondary N) is 2. The largest absolute Gasteiger partial charge is 0.396 e. The summed E-state index contributed by atoms with van der Waals surface area (Å²) in [6.07, 6.45) is 4.01. The second-order valence-corrected chi connectivity index (χ2v) is 5.27. The van der Waals surface area contributed by atoms with Crippen LogP contribution in [0.5, 0.6) is 0 Å². The molecule has 2 unspecified atom stereocenters. The van der Waals surface area contributed by atoms with Gasteiger partial charge in [-0.1, -0.05) is 12.8 Å². The summed E-state index contributed by atoms with van der Waals surface area (Å²) in [6, 6.07) is -0.461. The van der Waals surface area contributed by atoms with Gasteiger partial charge in [-0.05, 0) is 12.8 Å². The van der Waals surface area contributed by atoms with E-state index in [4.69, 9.17) is 0 Å². The maximum absolute atomic E-state index is 12.2. The number of carbonyl (C=O) groups excluding carboxylic acids is 1. The predicted molar refractivity (Wildman–Crippen MR) is 73.2 cm³/mol. The summed E-state index contributed by atoms with van der Waals surface area (Å²) in [4.78, 5) is 11.9. The number of halogens is 2. The van der Waals surface area contributed by atoms with Crippen molar-refractivity contribution in [2.75, 3.05) is 11.9 Å². The molecule has 1 aliphatic rings. The number of aliphatic hydroxyl groups is 1. The van der Waals surface area contributed by atoms with Crippen molar-refractivity contribution in [3.05, 3.63) is 12.4 Å². The molecule has 0 spiro atoms. The first-order valence-electron chi connectivity index (χ1n) is 7.07. The number of hydrogen-bond acceptors (Lipinski definition) is 3. The van der Waals surface area contributed by atoms with Crippen LogP contribution in [0.15, 0.2) is 12.4 Å². The Kier molecular flexibility index (Phi) is 5.49. The van der Waals surface area contributed by atoms with Gasteiger partial charge in [0.1, 0.15) is 6.54 Å². The Hall–Kier alpha value is -1.70. The lowest BCUT2D eigenvalue weighted by Gasteiger charge is -2.30. The van der Waals surface area contributed by atoms with Crippen LogP contribution in [0.2, 0.25) is 0 Å². The minimum atomic E-state index is -2.49. The highest BCUT2D eigenvalue weighted by Crippen LogP contribution is 2.24. The van der Waals surface area contributed by atoms with Crippen molar-refractivity contribution in [3.8, 4) is 0 Å². The Morgan fingerprint density at radius 3 is 2.95 bits per heavy atom. The normalized spacial score (nSPS) is 22.3. The summed E-state index contributed by atoms with van der Waals surface area (Å²) < 4.78 is 25.5. The number of aliphatic hydroxyl groups excluding tert-OH is 1. The summed E-state index contributed by atoms with van der Waals surface area (Å²) in [7, 11) is 0. The molecule has 0 aliphatic heterocycles. The van der Waals surface area contributed by atoms with Crippen LogP contribution in [0.4, 0.5) is 19.3 Å². The van der Waals surface area contributed by atoms with Gasteiger partial charge < -0.3 is 15.7 Å². The SMILES string of the molecule is O=C(Nc1cnn(CC(F)F)c1)NC1CCCCC1CO. The lowest BCUT2D eigenvalue weighted by molar-refractivity contribution is 0.122. The molecule has 0 saturated heterocycles. The van der Waals surface area contributed by atoms with Crippen LogP contribution in [-0.2, 0) is 6.54 Å². The third-order valence-corrected chi connectivity index (χ3v) is 3.68. The molecular weight excluding hydrogens is 282 g/mol. The molecular formula is C13H20F2N4O2. The second-order valence-electron chi connectivity index (χ2n) is 5.27. The van der Waals surface area contributed by atoms with E-state index in [1.54, 1.807) is 0 Å². The molecule has 2 amide bonds. The molecule has 1 aromatic rings. The summed E-state index contributed by atoms with van der Waals surface area (Å²) in [5.74, 6) is 0.0751. The Balaban J connectivity index is 1.84. The van der Waals surface area contributed by atoms with Gasteiger partial charge >= 0.3 is 6.03 Å². The van der Waals surface area contributed by atoms with Crippen molar-refractivity contribution in [1.82, 2.24) is 15.1 Å². The quantitative estimate of drug-likeness (QED) is 0.776. The van der Waals surface area contributed by atoms with E-state index in [9.17, 15) is 18.7 Å². The summed E-state index contributed by atoms with van der Waals surface area (Å²) >= 11 is 0. The van der Waals surface area contributed by atoms with Crippen molar-refractivity contribution in [2.24, 2.45) is 5.92 Å². The zero-order valence-corrected chi connectivity index (χ0v) is 11.6. The summed E-state index contributed by atoms with van der Waals surface area (Å²) in [6.45, 7) is -0.449. The van der Waals surface area contributed by atoms with Crippen LogP contribution >= 0.6 is 0 Å². The number of anilines is 1. The van der Waals surface area contributed by atoms with E-state index in [0.717, 1.165) is 30.4 Å². The Labute approximate surface area is 121 Å². The molecule has 118 valence electrons. The molecule has 0 bridgehead atoms. The molecule has 1 saturated carbocycles. The fourth-order valence-electron chi connectivity index (χ4n) is 2.62. The molecule has 1 aliphatic carbocycles. The van der Waals surface area contributed by atoms with Crippen LogP contribution in [0, 0.1) is 5.92 Å². The predicted octanol–water partition coefficient (Wildman–Crippen LogP) is 1.82. The minimum absolute atomic E-state index is 0.0528. The van der Waals surface area contributed by atoms with E-state index in [-0.39, 0.29) is 18.6 Å². The van der Waals surface area contributed by atoms with E-state index >= 15 is 0 Å². The monoisotopic (exact) mass is 302 g/mol. The maximum atomic E-state index is 12.2. The van der Waals surface area contributed by atoms with E-state index in [1.165, 1.54) is 12.4 Å². The van der Waals surface area contributed by atoms with Crippen molar-refractivity contribution >= 4 is 11.7 Å². The third-order valence-electron chi connectivity index (χ3n) is 3.68. The average Bonchev–Trinajstić information content (AvgIpc) is 2.85. The van der Waals surface area contributed by atoms with Gasteiger partial charge in [-0.15, -0.1) is 0 Å². The van der Waals surface area contributed by atoms with Crippen molar-refractivity contribution in [1.29, 1.82) is 0 Å². The average molecular weight is 302 g/mol. The summed E-state index contributed by atoms with van der Waals surface area (Å²) in [5.41, 5.74) is 0.365. The molecule has 2 rings (SSSR count). The lowest BCUT2D eigenvalue weighted by atomic mass is 9.85. The fourth-order valence-corrected chi connectivity index (χ4v) is 2.62. The first kappa shape index (κ1) is 15.7. The number of carbonyl (C=O) groups is 1. The number of nitrogens with zero attached hydrogens (tertiary/aromatic N) is 2. The van der Waals surface area contributed by atoms with E-state index in [1.807, 2.05) is 0 Å². The number of rotatable bonds is 5. The van der Waals surface area contributed by atoms with Crippen molar-refractivity contribution < 1.29 is 18.7 Å². The van der Waals surface area contributed by atoms with Crippen LogP contribution in [0.3, 0.4) is 0 Å². The maximum Gasteiger partial charge on any atom is 0.319 e. The van der Waals surface area contributed by atoms with Crippen molar-refractivity contribution in [2.45, 2.75) is 44.7 Å². The molecule has 3 N–H and O–H groups in total. The molecule has 1 heterocycles. The number of urea groups is 1. The third kappa shape index (κ3) is 4.66. The Morgan fingerprint density at radius 2 is 2.24 bits per heavy atom. The number of amides is 2. The zero-order chi connectivity index (χ0) is 15.2. The lowest BCUT2D eigenvalue weighted by Crippen LogP contribution is -2.45. The van der Waals surface area contributed by atoms with Gasteiger partial charge in [-0.3, -0.25) is 4.68 Å². The van der Waals surface area contributed by atoms with Gasteiger partial charge in [0, 0.05) is 24.8 Å². The van der Waals surface area contributed by atoms with Gasteiger partial charge in [0.2, 0.25) is 0 Å². The van der Waals surface area contributed by atoms with E-state index in [0.29, 0.717) is 5.69 Å². The minimum Gasteiger partial charge on any atom is -0.396 e. The van der Waals surface area contributed by atoms with Crippen LogP contribution < -0.4 is 10.6 Å². The first-order chi connectivity index (χ1) is 10.1. The number of aromatic nitrogens is 2. The number of alkyl halides is 2. The van der Waals surface area contributed by atoms with Crippen LogP contribution in [0.1, 0.15) is 25.7 Å².